The first-order chi connectivity index (χ1) is 17.4. The van der Waals surface area contributed by atoms with Gasteiger partial charge in [0.1, 0.15) is 0 Å². The topological polar surface area (TPSA) is 72.3 Å². The molecule has 1 N–H and O–H groups in total. The number of halogens is 7. The number of hydrogen-bond donors (Lipinski definition) is 1. The number of amides is 1. The molecule has 2 heterocycles. The Morgan fingerprint density at radius 3 is 2.22 bits per heavy atom. The number of hydrogen-bond acceptors (Lipinski definition) is 5. The zero-order valence-corrected chi connectivity index (χ0v) is 19.8. The Balaban J connectivity index is 1.68. The number of nitrogens with one attached hydrogen (secondary N) is 1. The molecule has 7 nitrogen and oxygen atoms in total. The van der Waals surface area contributed by atoms with E-state index in [1.54, 1.807) is 29.2 Å². The van der Waals surface area contributed by atoms with Gasteiger partial charge >= 0.3 is 12.4 Å². The number of carbonyl (C=O) groups excluding carboxylic acids is 1. The summed E-state index contributed by atoms with van der Waals surface area (Å²) in [7, 11) is 0. The molecule has 37 heavy (non-hydrogen) atoms. The van der Waals surface area contributed by atoms with Crippen LogP contribution in [0.2, 0.25) is 5.02 Å². The second kappa shape index (κ2) is 10.6. The van der Waals surface area contributed by atoms with Crippen molar-refractivity contribution < 1.29 is 35.9 Å². The summed E-state index contributed by atoms with van der Waals surface area (Å²) >= 11 is 6.13. The first kappa shape index (κ1) is 26.7. The Morgan fingerprint density at radius 1 is 1.00 bits per heavy atom. The molecule has 4 rings (SSSR count). The van der Waals surface area contributed by atoms with Gasteiger partial charge in [0, 0.05) is 24.7 Å². The van der Waals surface area contributed by atoms with Crippen molar-refractivity contribution in [2.75, 3.05) is 31.2 Å². The lowest BCUT2D eigenvalue weighted by Crippen LogP contribution is -2.39. The molecular weight excluding hydrogens is 528 g/mol. The van der Waals surface area contributed by atoms with E-state index in [9.17, 15) is 31.1 Å². The quantitative estimate of drug-likeness (QED) is 0.450. The zero-order chi connectivity index (χ0) is 26.8. The molecule has 0 spiro atoms. The largest absolute Gasteiger partial charge is 0.416 e. The van der Waals surface area contributed by atoms with Gasteiger partial charge in [-0.1, -0.05) is 35.0 Å². The summed E-state index contributed by atoms with van der Waals surface area (Å²) < 4.78 is 86.4. The predicted octanol–water partition coefficient (Wildman–Crippen LogP) is 4.78. The molecule has 0 aliphatic carbocycles. The smallest absolute Gasteiger partial charge is 0.378 e. The van der Waals surface area contributed by atoms with Crippen LogP contribution < -0.4 is 10.2 Å². The number of benzene rings is 2. The Hall–Kier alpha value is -3.32. The van der Waals surface area contributed by atoms with Gasteiger partial charge in [0.2, 0.25) is 0 Å². The van der Waals surface area contributed by atoms with Crippen molar-refractivity contribution >= 4 is 23.3 Å². The Kier molecular flexibility index (Phi) is 7.64. The van der Waals surface area contributed by atoms with E-state index < -0.39 is 35.9 Å². The molecule has 1 aromatic heterocycles. The highest BCUT2D eigenvalue weighted by Gasteiger charge is 2.37. The highest BCUT2D eigenvalue weighted by atomic mass is 35.5. The number of anilines is 1. The van der Waals surface area contributed by atoms with Crippen molar-refractivity contribution in [3.8, 4) is 0 Å². The fourth-order valence-corrected chi connectivity index (χ4v) is 4.04. The fraction of sp³-hybridized carbons (Fsp3) is 0.348. The highest BCUT2D eigenvalue weighted by Crippen LogP contribution is 2.36. The number of rotatable bonds is 6. The third-order valence-corrected chi connectivity index (χ3v) is 5.98. The summed E-state index contributed by atoms with van der Waals surface area (Å²) in [5.41, 5.74) is -2.67. The van der Waals surface area contributed by atoms with Crippen LogP contribution in [-0.4, -0.2) is 47.2 Å². The molecular formula is C23H20ClF6N5O2. The maximum Gasteiger partial charge on any atom is 0.416 e. The van der Waals surface area contributed by atoms with E-state index in [-0.39, 0.29) is 29.7 Å². The minimum Gasteiger partial charge on any atom is -0.378 e. The average molecular weight is 548 g/mol. The first-order valence-electron chi connectivity index (χ1n) is 11.0. The van der Waals surface area contributed by atoms with E-state index in [2.05, 4.69) is 15.6 Å². The molecule has 198 valence electrons. The maximum atomic E-state index is 13.3. The normalized spacial score (nSPS) is 14.6. The standard InChI is InChI=1S/C23H20ClF6N5O2/c24-18-4-2-1-3-15(18)12-31-20(36)19-21(34-5-7-37-8-6-34)35(33-32-19)13-14-9-16(22(25,26)27)11-17(10-14)23(28,29)30/h1-4,9-11H,5-8,12-13H2,(H,31,36). The maximum absolute atomic E-state index is 13.3. The summed E-state index contributed by atoms with van der Waals surface area (Å²) in [6.45, 7) is 0.811. The van der Waals surface area contributed by atoms with Gasteiger partial charge in [-0.2, -0.15) is 26.3 Å². The molecule has 1 amide bonds. The molecule has 1 aliphatic heterocycles. The minimum atomic E-state index is -4.99. The van der Waals surface area contributed by atoms with E-state index in [1.807, 2.05) is 0 Å². The van der Waals surface area contributed by atoms with Gasteiger partial charge < -0.3 is 15.0 Å². The number of carbonyl (C=O) groups is 1. The predicted molar refractivity (Wildman–Crippen MR) is 121 cm³/mol. The molecule has 1 saturated heterocycles. The van der Waals surface area contributed by atoms with Gasteiger partial charge in [-0.05, 0) is 35.4 Å². The molecule has 3 aromatic rings. The van der Waals surface area contributed by atoms with E-state index in [1.165, 1.54) is 0 Å². The lowest BCUT2D eigenvalue weighted by atomic mass is 10.0. The molecule has 0 unspecified atom stereocenters. The molecule has 1 aliphatic rings. The Bertz CT molecular complexity index is 1240. The monoisotopic (exact) mass is 547 g/mol. The molecule has 0 bridgehead atoms. The van der Waals surface area contributed by atoms with E-state index >= 15 is 0 Å². The molecule has 0 saturated carbocycles. The van der Waals surface area contributed by atoms with Crippen LogP contribution in [0.4, 0.5) is 32.2 Å². The SMILES string of the molecule is O=C(NCc1ccccc1Cl)c1nnn(Cc2cc(C(F)(F)F)cc(C(F)(F)F)c2)c1N1CCOCC1. The first-order valence-corrected chi connectivity index (χ1v) is 11.4. The highest BCUT2D eigenvalue weighted by molar-refractivity contribution is 6.31. The number of aromatic nitrogens is 3. The summed E-state index contributed by atoms with van der Waals surface area (Å²) in [4.78, 5) is 14.7. The lowest BCUT2D eigenvalue weighted by molar-refractivity contribution is -0.143. The van der Waals surface area contributed by atoms with Crippen LogP contribution in [0, 0.1) is 0 Å². The van der Waals surface area contributed by atoms with Crippen LogP contribution in [-0.2, 0) is 30.2 Å². The third-order valence-electron chi connectivity index (χ3n) is 5.61. The second-order valence-electron chi connectivity index (χ2n) is 8.21. The van der Waals surface area contributed by atoms with Crippen molar-refractivity contribution in [1.29, 1.82) is 0 Å². The van der Waals surface area contributed by atoms with E-state index in [0.29, 0.717) is 49.0 Å². The minimum absolute atomic E-state index is 0.0569. The molecule has 1 fully saturated rings. The van der Waals surface area contributed by atoms with E-state index in [4.69, 9.17) is 16.3 Å². The number of morpholine rings is 1. The van der Waals surface area contributed by atoms with Crippen molar-refractivity contribution in [1.82, 2.24) is 20.3 Å². The summed E-state index contributed by atoms with van der Waals surface area (Å²) in [6, 6.07) is 8.15. The second-order valence-corrected chi connectivity index (χ2v) is 8.61. The van der Waals surface area contributed by atoms with Crippen LogP contribution >= 0.6 is 11.6 Å². The van der Waals surface area contributed by atoms with Gasteiger partial charge in [-0.25, -0.2) is 4.68 Å². The van der Waals surface area contributed by atoms with Gasteiger partial charge in [0.05, 0.1) is 30.9 Å². The molecule has 0 radical (unpaired) electrons. The number of nitrogens with zero attached hydrogens (tertiary/aromatic N) is 4. The van der Waals surface area contributed by atoms with Crippen LogP contribution in [0.3, 0.4) is 0 Å². The molecule has 2 aromatic carbocycles. The molecule has 0 atom stereocenters. The Labute approximate surface area is 212 Å². The third kappa shape index (κ3) is 6.34. The van der Waals surface area contributed by atoms with Gasteiger partial charge in [0.15, 0.2) is 11.5 Å². The van der Waals surface area contributed by atoms with Crippen molar-refractivity contribution in [3.05, 3.63) is 75.4 Å². The number of alkyl halides is 6. The Morgan fingerprint density at radius 2 is 1.62 bits per heavy atom. The zero-order valence-electron chi connectivity index (χ0n) is 19.0. The summed E-state index contributed by atoms with van der Waals surface area (Å²) in [6.07, 6.45) is -9.98. The van der Waals surface area contributed by atoms with Crippen LogP contribution in [0.5, 0.6) is 0 Å². The summed E-state index contributed by atoms with van der Waals surface area (Å²) in [5.74, 6) is -0.474. The van der Waals surface area contributed by atoms with Crippen LogP contribution in [0.1, 0.15) is 32.7 Å². The fourth-order valence-electron chi connectivity index (χ4n) is 3.83. The molecule has 14 heteroatoms. The van der Waals surface area contributed by atoms with Crippen molar-refractivity contribution in [3.63, 3.8) is 0 Å². The lowest BCUT2D eigenvalue weighted by Gasteiger charge is -2.29. The average Bonchev–Trinajstić information content (AvgIpc) is 3.26. The summed E-state index contributed by atoms with van der Waals surface area (Å²) in [5, 5.41) is 10.9. The van der Waals surface area contributed by atoms with Gasteiger partial charge in [-0.15, -0.1) is 5.10 Å². The van der Waals surface area contributed by atoms with Gasteiger partial charge in [-0.3, -0.25) is 4.79 Å². The van der Waals surface area contributed by atoms with Crippen LogP contribution in [0.15, 0.2) is 42.5 Å². The van der Waals surface area contributed by atoms with Crippen molar-refractivity contribution in [2.24, 2.45) is 0 Å². The van der Waals surface area contributed by atoms with Crippen LogP contribution in [0.25, 0.3) is 0 Å². The van der Waals surface area contributed by atoms with Crippen molar-refractivity contribution in [2.45, 2.75) is 25.4 Å². The van der Waals surface area contributed by atoms with E-state index in [0.717, 1.165) is 4.68 Å². The van der Waals surface area contributed by atoms with Gasteiger partial charge in [0.25, 0.3) is 5.91 Å². The number of ether oxygens (including phenoxy) is 1.